The van der Waals surface area contributed by atoms with Crippen LogP contribution in [0.3, 0.4) is 0 Å². The summed E-state index contributed by atoms with van der Waals surface area (Å²) in [4.78, 5) is 2.99. The van der Waals surface area contributed by atoms with Gasteiger partial charge in [-0.15, -0.1) is 0 Å². The highest BCUT2D eigenvalue weighted by molar-refractivity contribution is 7.46. The van der Waals surface area contributed by atoms with Crippen LogP contribution in [0.2, 0.25) is 0 Å². The van der Waals surface area contributed by atoms with Gasteiger partial charge in [-0.3, -0.25) is 0 Å². The van der Waals surface area contributed by atoms with E-state index >= 15 is 0 Å². The van der Waals surface area contributed by atoms with Crippen LogP contribution in [0.4, 0.5) is 0 Å². The number of aryl methyl sites for hydroxylation is 1. The van der Waals surface area contributed by atoms with Crippen molar-refractivity contribution in [3.05, 3.63) is 29.8 Å². The van der Waals surface area contributed by atoms with Crippen molar-refractivity contribution in [1.82, 2.24) is 4.86 Å². The molecule has 1 aromatic rings. The van der Waals surface area contributed by atoms with Crippen molar-refractivity contribution < 1.29 is 4.52 Å². The van der Waals surface area contributed by atoms with Crippen LogP contribution in [0, 0.1) is 6.92 Å². The lowest BCUT2D eigenvalue weighted by molar-refractivity contribution is 0.628. The molecule has 0 aliphatic heterocycles. The lowest BCUT2D eigenvalue weighted by atomic mass is 10.2. The Kier molecular flexibility index (Phi) is 5.43. The van der Waals surface area contributed by atoms with Gasteiger partial charge < -0.3 is 4.52 Å². The van der Waals surface area contributed by atoms with E-state index in [1.165, 1.54) is 5.56 Å². The number of benzene rings is 1. The number of hydrogen-bond acceptors (Lipinski definition) is 2. The molecule has 3 nitrogen and oxygen atoms in total. The molecule has 1 N–H and O–H groups in total. The van der Waals surface area contributed by atoms with Gasteiger partial charge in [0.25, 0.3) is 0 Å². The van der Waals surface area contributed by atoms with E-state index in [0.717, 1.165) is 14.3 Å². The summed E-state index contributed by atoms with van der Waals surface area (Å²) in [6.07, 6.45) is 0. The largest absolute Gasteiger partial charge is 0.460 e. The van der Waals surface area contributed by atoms with Crippen LogP contribution in [0.5, 0.6) is 5.75 Å². The van der Waals surface area contributed by atoms with Crippen molar-refractivity contribution in [2.45, 2.75) is 6.92 Å². The summed E-state index contributed by atoms with van der Waals surface area (Å²) in [6, 6.07) is 7.96. The first-order valence-electron chi connectivity index (χ1n) is 3.66. The zero-order valence-electron chi connectivity index (χ0n) is 7.19. The van der Waals surface area contributed by atoms with Crippen LogP contribution in [-0.4, -0.2) is 0 Å². The van der Waals surface area contributed by atoms with Gasteiger partial charge in [0.05, 0.1) is 0 Å². The summed E-state index contributed by atoms with van der Waals surface area (Å²) in [6.45, 7) is 2.04. The van der Waals surface area contributed by atoms with Gasteiger partial charge >= 0.3 is 0 Å². The predicted octanol–water partition coefficient (Wildman–Crippen LogP) is 3.31. The summed E-state index contributed by atoms with van der Waals surface area (Å²) in [5, 5.41) is 0. The average molecular weight is 232 g/mol. The highest BCUT2D eigenvalue weighted by Gasteiger charge is 1.91. The maximum atomic E-state index is 5.43. The minimum absolute atomic E-state index is 0.243. The highest BCUT2D eigenvalue weighted by atomic mass is 31.1. The Balaban J connectivity index is 2.36. The van der Waals surface area contributed by atoms with Gasteiger partial charge in [0.15, 0.2) is 8.96 Å². The molecule has 6 heteroatoms. The van der Waals surface area contributed by atoms with Gasteiger partial charge in [-0.1, -0.05) is 12.1 Å². The molecule has 0 aromatic heterocycles. The van der Waals surface area contributed by atoms with E-state index in [1.807, 2.05) is 31.2 Å². The molecule has 0 fully saturated rings. The molecule has 0 bridgehead atoms. The summed E-state index contributed by atoms with van der Waals surface area (Å²) in [5.74, 6) is 0.893. The number of nitrogens with zero attached hydrogens (tertiary/aromatic N) is 1. The molecule has 0 aliphatic carbocycles. The third-order valence-electron chi connectivity index (χ3n) is 1.31. The molecule has 2 atom stereocenters. The van der Waals surface area contributed by atoms with Crippen LogP contribution in [0.15, 0.2) is 28.8 Å². The van der Waals surface area contributed by atoms with Crippen LogP contribution < -0.4 is 9.38 Å². The highest BCUT2D eigenvalue weighted by Crippen LogP contribution is 2.21. The minimum atomic E-state index is 0.243. The first kappa shape index (κ1) is 11.0. The van der Waals surface area contributed by atoms with E-state index < -0.39 is 0 Å². The van der Waals surface area contributed by atoms with Gasteiger partial charge in [-0.25, -0.2) is 9.37 Å². The molecule has 0 aliphatic rings. The average Bonchev–Trinajstić information content (AvgIpc) is 2.13. The summed E-state index contributed by atoms with van der Waals surface area (Å²) in [7, 11) is 3.35. The molecule has 0 saturated carbocycles. The minimum Gasteiger partial charge on any atom is -0.460 e. The molecule has 0 spiro atoms. The maximum absolute atomic E-state index is 5.43. The quantitative estimate of drug-likeness (QED) is 0.638. The van der Waals surface area contributed by atoms with Crippen LogP contribution in [-0.2, 0) is 0 Å². The van der Waals surface area contributed by atoms with Crippen molar-refractivity contribution in [3.8, 4) is 5.75 Å². The van der Waals surface area contributed by atoms with Crippen molar-refractivity contribution >= 4 is 26.9 Å². The fraction of sp³-hybridized carbons (Fsp3) is 0.143. The fourth-order valence-corrected chi connectivity index (χ4v) is 2.15. The molecule has 1 aromatic carbocycles. The molecule has 1 rings (SSSR count). The number of rotatable bonds is 4. The number of nitrogens with one attached hydrogen (secondary N) is 1. The Morgan fingerprint density at radius 2 is 2.46 bits per heavy atom. The molecule has 0 amide bonds. The van der Waals surface area contributed by atoms with Gasteiger partial charge in [-0.2, -0.15) is 0 Å². The molecule has 13 heavy (non-hydrogen) atoms. The van der Waals surface area contributed by atoms with Gasteiger partial charge in [0.2, 0.25) is 0 Å². The third-order valence-corrected chi connectivity index (χ3v) is 2.88. The van der Waals surface area contributed by atoms with Crippen molar-refractivity contribution in [3.63, 3.8) is 0 Å². The van der Waals surface area contributed by atoms with E-state index in [4.69, 9.17) is 4.52 Å². The van der Waals surface area contributed by atoms with Gasteiger partial charge in [0.1, 0.15) is 14.3 Å². The van der Waals surface area contributed by atoms with E-state index in [1.54, 1.807) is 0 Å². The molecular weight excluding hydrogens is 221 g/mol. The maximum Gasteiger partial charge on any atom is 0.155 e. The van der Waals surface area contributed by atoms with Crippen LogP contribution in [0.25, 0.3) is 0 Å². The van der Waals surface area contributed by atoms with Gasteiger partial charge in [0, 0.05) is 0 Å². The summed E-state index contributed by atoms with van der Waals surface area (Å²) < 4.78 is 9.22. The van der Waals surface area contributed by atoms with E-state index in [9.17, 15) is 0 Å². The first-order chi connectivity index (χ1) is 6.33. The molecule has 0 saturated heterocycles. The van der Waals surface area contributed by atoms with E-state index in [-0.39, 0.29) is 8.96 Å². The van der Waals surface area contributed by atoms with Crippen molar-refractivity contribution in [2.24, 2.45) is 4.52 Å². The van der Waals surface area contributed by atoms with Gasteiger partial charge in [-0.05, 0) is 34.0 Å². The Bertz CT molecular complexity index is 293. The SMILES string of the molecule is Cc1cccc(OPNP=NP)c1. The lowest BCUT2D eigenvalue weighted by Crippen LogP contribution is -1.86. The van der Waals surface area contributed by atoms with Crippen LogP contribution in [0.1, 0.15) is 5.56 Å². The van der Waals surface area contributed by atoms with Crippen molar-refractivity contribution in [1.29, 1.82) is 0 Å². The monoisotopic (exact) mass is 232 g/mol. The molecule has 0 heterocycles. The summed E-state index contributed by atoms with van der Waals surface area (Å²) >= 11 is 0. The molecule has 2 unspecified atom stereocenters. The Hall–Kier alpha value is -0.0600. The zero-order valence-corrected chi connectivity index (χ0v) is 10.2. The summed E-state index contributed by atoms with van der Waals surface area (Å²) in [5.41, 5.74) is 1.20. The smallest absolute Gasteiger partial charge is 0.155 e. The number of hydrogen-bond donors (Lipinski definition) is 1. The second-order valence-electron chi connectivity index (χ2n) is 2.35. The molecular formula is C7H11N2OP3. The fourth-order valence-electron chi connectivity index (χ4n) is 0.810. The van der Waals surface area contributed by atoms with Crippen molar-refractivity contribution in [2.75, 3.05) is 0 Å². The zero-order chi connectivity index (χ0) is 9.52. The first-order valence-corrected chi connectivity index (χ1v) is 5.93. The Morgan fingerprint density at radius 1 is 1.62 bits per heavy atom. The Morgan fingerprint density at radius 3 is 3.15 bits per heavy atom. The van der Waals surface area contributed by atoms with E-state index in [2.05, 4.69) is 18.8 Å². The standard InChI is InChI=1S/C7H11N2OP3/c1-6-3-2-4-7(5-6)10-13-9-12-8-11/h2-5,13H,11H2,1H3,(H,8,9). The van der Waals surface area contributed by atoms with Crippen LogP contribution >= 0.6 is 26.9 Å². The topological polar surface area (TPSA) is 33.6 Å². The molecule has 70 valence electrons. The lowest BCUT2D eigenvalue weighted by Gasteiger charge is -2.03. The third kappa shape index (κ3) is 4.64. The Labute approximate surface area is 83.8 Å². The van der Waals surface area contributed by atoms with E-state index in [0.29, 0.717) is 0 Å². The normalized spacial score (nSPS) is 11.5. The second kappa shape index (κ2) is 6.40. The molecule has 0 radical (unpaired) electrons. The predicted molar refractivity (Wildman–Crippen MR) is 62.3 cm³/mol. The second-order valence-corrected chi connectivity index (χ2v) is 4.77.